The highest BCUT2D eigenvalue weighted by Gasteiger charge is 2.25. The fourth-order valence-electron chi connectivity index (χ4n) is 5.89. The van der Waals surface area contributed by atoms with Gasteiger partial charge in [0.05, 0.1) is 12.7 Å². The first-order valence-electron chi connectivity index (χ1n) is 14.4. The van der Waals surface area contributed by atoms with Crippen LogP contribution in [0.15, 0.2) is 36.7 Å². The Hall–Kier alpha value is -2.52. The smallest absolute Gasteiger partial charge is 0.224 e. The number of nitrogens with one attached hydrogen (secondary N) is 1. The molecule has 2 fully saturated rings. The van der Waals surface area contributed by atoms with Gasteiger partial charge in [0, 0.05) is 81.8 Å². The molecule has 0 radical (unpaired) electrons. The van der Waals surface area contributed by atoms with Gasteiger partial charge in [0.2, 0.25) is 5.95 Å². The average Bonchev–Trinajstić information content (AvgIpc) is 3.33. The third-order valence-corrected chi connectivity index (χ3v) is 8.51. The number of ether oxygens (including phenoxy) is 1. The Balaban J connectivity index is 1.35. The van der Waals surface area contributed by atoms with Gasteiger partial charge in [-0.25, -0.2) is 4.98 Å². The van der Waals surface area contributed by atoms with E-state index in [4.69, 9.17) is 9.72 Å². The molecule has 8 nitrogen and oxygen atoms in total. The number of methoxy groups -OCH3 is 1. The van der Waals surface area contributed by atoms with Crippen molar-refractivity contribution in [3.05, 3.63) is 42.2 Å². The van der Waals surface area contributed by atoms with Crippen LogP contribution >= 0.6 is 0 Å². The minimum absolute atomic E-state index is 0.181. The molecule has 1 saturated heterocycles. The summed E-state index contributed by atoms with van der Waals surface area (Å²) < 4.78 is 7.49. The highest BCUT2D eigenvalue weighted by atomic mass is 16.5. The fraction of sp³-hybridized carbons (Fsp3) is 0.600. The first-order chi connectivity index (χ1) is 18.6. The molecule has 1 unspecified atom stereocenters. The number of aliphatic hydroxyl groups excluding tert-OH is 1. The largest absolute Gasteiger partial charge is 0.393 e. The van der Waals surface area contributed by atoms with Crippen molar-refractivity contribution in [1.82, 2.24) is 24.3 Å². The van der Waals surface area contributed by atoms with E-state index in [0.717, 1.165) is 69.4 Å². The van der Waals surface area contributed by atoms with Crippen LogP contribution in [0, 0.1) is 0 Å². The van der Waals surface area contributed by atoms with E-state index < -0.39 is 0 Å². The number of aromatic nitrogens is 3. The van der Waals surface area contributed by atoms with Gasteiger partial charge in [-0.3, -0.25) is 9.80 Å². The van der Waals surface area contributed by atoms with Crippen LogP contribution in [-0.2, 0) is 11.3 Å². The first-order valence-corrected chi connectivity index (χ1v) is 14.4. The van der Waals surface area contributed by atoms with Gasteiger partial charge in [-0.05, 0) is 50.2 Å². The Morgan fingerprint density at radius 3 is 2.50 bits per heavy atom. The van der Waals surface area contributed by atoms with E-state index in [1.54, 1.807) is 7.11 Å². The lowest BCUT2D eigenvalue weighted by Crippen LogP contribution is -2.48. The van der Waals surface area contributed by atoms with Gasteiger partial charge < -0.3 is 19.7 Å². The van der Waals surface area contributed by atoms with Crippen LogP contribution in [0.25, 0.3) is 22.2 Å². The van der Waals surface area contributed by atoms with Gasteiger partial charge in [0.25, 0.3) is 0 Å². The quantitative estimate of drug-likeness (QED) is 0.380. The molecule has 5 rings (SSSR count). The van der Waals surface area contributed by atoms with Crippen LogP contribution in [0.4, 0.5) is 5.95 Å². The molecule has 2 aliphatic rings. The molecule has 1 aromatic carbocycles. The van der Waals surface area contributed by atoms with Gasteiger partial charge in [0.15, 0.2) is 0 Å². The van der Waals surface area contributed by atoms with E-state index in [2.05, 4.69) is 69.0 Å². The number of benzene rings is 1. The Labute approximate surface area is 227 Å². The van der Waals surface area contributed by atoms with Crippen molar-refractivity contribution in [1.29, 1.82) is 0 Å². The second-order valence-corrected chi connectivity index (χ2v) is 11.0. The van der Waals surface area contributed by atoms with Crippen LogP contribution < -0.4 is 5.32 Å². The summed E-state index contributed by atoms with van der Waals surface area (Å²) in [6, 6.07) is 10.1. The summed E-state index contributed by atoms with van der Waals surface area (Å²) in [7, 11) is 1.69. The summed E-state index contributed by atoms with van der Waals surface area (Å²) in [4.78, 5) is 14.7. The van der Waals surface area contributed by atoms with E-state index in [-0.39, 0.29) is 6.10 Å². The predicted molar refractivity (Wildman–Crippen MR) is 153 cm³/mol. The maximum Gasteiger partial charge on any atom is 0.224 e. The molecule has 38 heavy (non-hydrogen) atoms. The van der Waals surface area contributed by atoms with Crippen LogP contribution in [-0.4, -0.2) is 88.0 Å². The molecule has 3 aromatic rings. The Morgan fingerprint density at radius 1 is 1.08 bits per heavy atom. The Morgan fingerprint density at radius 2 is 1.82 bits per heavy atom. The first kappa shape index (κ1) is 27.1. The number of hydrogen-bond acceptors (Lipinski definition) is 7. The van der Waals surface area contributed by atoms with Crippen LogP contribution in [0.3, 0.4) is 0 Å². The number of fused-ring (bicyclic) bond motifs is 1. The maximum absolute atomic E-state index is 10.1. The highest BCUT2D eigenvalue weighted by Crippen LogP contribution is 2.36. The number of piperazine rings is 1. The van der Waals surface area contributed by atoms with Crippen LogP contribution in [0.1, 0.15) is 57.6 Å². The molecule has 0 spiro atoms. The van der Waals surface area contributed by atoms with Crippen molar-refractivity contribution in [3.63, 3.8) is 0 Å². The Bertz CT molecular complexity index is 1160. The minimum atomic E-state index is -0.181. The summed E-state index contributed by atoms with van der Waals surface area (Å²) in [6.07, 6.45) is 8.84. The van der Waals surface area contributed by atoms with Crippen LogP contribution in [0.5, 0.6) is 0 Å². The summed E-state index contributed by atoms with van der Waals surface area (Å²) in [5, 5.41) is 14.4. The predicted octanol–water partition coefficient (Wildman–Crippen LogP) is 4.55. The van der Waals surface area contributed by atoms with Crippen LogP contribution in [0.2, 0.25) is 0 Å². The van der Waals surface area contributed by atoms with E-state index in [1.165, 1.54) is 23.1 Å². The van der Waals surface area contributed by atoms with E-state index in [9.17, 15) is 5.11 Å². The zero-order valence-corrected chi connectivity index (χ0v) is 23.3. The molecule has 1 atom stereocenters. The molecule has 1 aliphatic heterocycles. The molecule has 8 heteroatoms. The Kier molecular flexibility index (Phi) is 8.94. The molecule has 0 bridgehead atoms. The van der Waals surface area contributed by atoms with Crippen molar-refractivity contribution in [3.8, 4) is 11.1 Å². The standard InChI is InChI=1S/C30H44N6O2/c1-4-22(2)35-16-14-34(15-17-35)20-23-5-7-24(8-6-23)28-21-36(25-9-11-26(37)12-10-25)29-27(28)19-32-30(33-29)31-13-18-38-3/h5-8,19,21-22,25-26,37H,4,9-18,20H2,1-3H3,(H,31,32,33)/t22?,25-,26-. The van der Waals surface area contributed by atoms with Gasteiger partial charge in [-0.2, -0.15) is 4.98 Å². The number of anilines is 1. The minimum Gasteiger partial charge on any atom is -0.393 e. The zero-order chi connectivity index (χ0) is 26.5. The maximum atomic E-state index is 10.1. The van der Waals surface area contributed by atoms with Crippen molar-refractivity contribution in [2.24, 2.45) is 0 Å². The average molecular weight is 521 g/mol. The van der Waals surface area contributed by atoms with Crippen molar-refractivity contribution in [2.45, 2.75) is 70.7 Å². The van der Waals surface area contributed by atoms with E-state index in [1.807, 2.05) is 6.20 Å². The van der Waals surface area contributed by atoms with Crippen molar-refractivity contribution < 1.29 is 9.84 Å². The van der Waals surface area contributed by atoms with Crippen molar-refractivity contribution >= 4 is 17.0 Å². The fourth-order valence-corrected chi connectivity index (χ4v) is 5.89. The molecule has 1 saturated carbocycles. The lowest BCUT2D eigenvalue weighted by atomic mass is 9.93. The monoisotopic (exact) mass is 520 g/mol. The summed E-state index contributed by atoms with van der Waals surface area (Å²) >= 11 is 0. The van der Waals surface area contributed by atoms with Crippen molar-refractivity contribution in [2.75, 3.05) is 51.8 Å². The molecule has 2 N–H and O–H groups in total. The number of hydrogen-bond donors (Lipinski definition) is 2. The van der Waals surface area contributed by atoms with E-state index >= 15 is 0 Å². The number of nitrogens with zero attached hydrogens (tertiary/aromatic N) is 5. The molecule has 2 aromatic heterocycles. The number of aliphatic hydroxyl groups is 1. The third-order valence-electron chi connectivity index (χ3n) is 8.51. The highest BCUT2D eigenvalue weighted by molar-refractivity contribution is 5.94. The summed E-state index contributed by atoms with van der Waals surface area (Å²) in [5.74, 6) is 0.625. The molecule has 0 amide bonds. The number of rotatable bonds is 10. The molecule has 206 valence electrons. The zero-order valence-electron chi connectivity index (χ0n) is 23.3. The third kappa shape index (κ3) is 6.20. The second-order valence-electron chi connectivity index (χ2n) is 11.0. The van der Waals surface area contributed by atoms with E-state index in [0.29, 0.717) is 31.2 Å². The SMILES string of the molecule is CCC(C)N1CCN(Cc2ccc(-c3cn([C@H]4CC[C@H](O)CC4)c4nc(NCCOC)ncc34)cc2)CC1. The molecule has 1 aliphatic carbocycles. The molecule has 3 heterocycles. The lowest BCUT2D eigenvalue weighted by Gasteiger charge is -2.37. The molecular weight excluding hydrogens is 476 g/mol. The lowest BCUT2D eigenvalue weighted by molar-refractivity contribution is 0.0964. The normalized spacial score (nSPS) is 22.1. The molecular formula is C30H44N6O2. The van der Waals surface area contributed by atoms with Gasteiger partial charge in [-0.1, -0.05) is 31.2 Å². The summed E-state index contributed by atoms with van der Waals surface area (Å²) in [6.45, 7) is 11.5. The topological polar surface area (TPSA) is 78.7 Å². The van der Waals surface area contributed by atoms with Gasteiger partial charge in [0.1, 0.15) is 5.65 Å². The van der Waals surface area contributed by atoms with Gasteiger partial charge >= 0.3 is 0 Å². The summed E-state index contributed by atoms with van der Waals surface area (Å²) in [5.41, 5.74) is 4.68. The second kappa shape index (κ2) is 12.6. The van der Waals surface area contributed by atoms with Gasteiger partial charge in [-0.15, -0.1) is 0 Å².